The van der Waals surface area contributed by atoms with Crippen LogP contribution < -0.4 is 10.5 Å². The zero-order chi connectivity index (χ0) is 13.4. The molecule has 1 aliphatic heterocycles. The van der Waals surface area contributed by atoms with E-state index in [9.17, 15) is 0 Å². The summed E-state index contributed by atoms with van der Waals surface area (Å²) in [6, 6.07) is 13.4. The lowest BCUT2D eigenvalue weighted by Crippen LogP contribution is -2.24. The van der Waals surface area contributed by atoms with E-state index in [0.717, 1.165) is 16.9 Å². The van der Waals surface area contributed by atoms with Crippen molar-refractivity contribution in [2.45, 2.75) is 18.6 Å². The first-order chi connectivity index (χ1) is 9.16. The van der Waals surface area contributed by atoms with Crippen LogP contribution in [-0.2, 0) is 0 Å². The molecule has 2 N–H and O–H groups in total. The average molecular weight is 294 g/mol. The van der Waals surface area contributed by atoms with Gasteiger partial charge in [-0.25, -0.2) is 0 Å². The fourth-order valence-corrected chi connectivity index (χ4v) is 2.84. The van der Waals surface area contributed by atoms with Crippen molar-refractivity contribution < 1.29 is 4.74 Å². The van der Waals surface area contributed by atoms with Crippen molar-refractivity contribution in [3.8, 4) is 5.75 Å². The van der Waals surface area contributed by atoms with E-state index in [1.165, 1.54) is 0 Å². The van der Waals surface area contributed by atoms with Crippen LogP contribution in [0, 0.1) is 0 Å². The first-order valence-corrected chi connectivity index (χ1v) is 6.87. The van der Waals surface area contributed by atoms with Crippen molar-refractivity contribution in [3.05, 3.63) is 63.6 Å². The second-order valence-electron chi connectivity index (χ2n) is 4.63. The molecule has 2 aromatic carbocycles. The molecule has 0 radical (unpaired) electrons. The van der Waals surface area contributed by atoms with E-state index < -0.39 is 0 Å². The predicted molar refractivity (Wildman–Crippen MR) is 77.8 cm³/mol. The summed E-state index contributed by atoms with van der Waals surface area (Å²) < 4.78 is 6.00. The van der Waals surface area contributed by atoms with Crippen LogP contribution in [0.4, 0.5) is 0 Å². The highest BCUT2D eigenvalue weighted by atomic mass is 35.5. The average Bonchev–Trinajstić information content (AvgIpc) is 2.42. The van der Waals surface area contributed by atoms with Gasteiger partial charge in [-0.2, -0.15) is 0 Å². The highest BCUT2D eigenvalue weighted by Crippen LogP contribution is 2.42. The first-order valence-electron chi connectivity index (χ1n) is 6.12. The molecule has 0 spiro atoms. The molecule has 1 heterocycles. The van der Waals surface area contributed by atoms with E-state index in [1.54, 1.807) is 6.07 Å². The molecule has 1 unspecified atom stereocenters. The molecule has 0 amide bonds. The van der Waals surface area contributed by atoms with Crippen LogP contribution >= 0.6 is 23.2 Å². The maximum absolute atomic E-state index is 6.25. The van der Waals surface area contributed by atoms with E-state index in [1.807, 2.05) is 36.4 Å². The fraction of sp³-hybridized carbons (Fsp3) is 0.200. The molecule has 0 fully saturated rings. The van der Waals surface area contributed by atoms with Crippen LogP contribution in [0.2, 0.25) is 10.0 Å². The predicted octanol–water partition coefficient (Wildman–Crippen LogP) is 4.52. The van der Waals surface area contributed by atoms with E-state index >= 15 is 0 Å². The molecule has 0 bridgehead atoms. The maximum Gasteiger partial charge on any atom is 0.127 e. The molecule has 19 heavy (non-hydrogen) atoms. The van der Waals surface area contributed by atoms with Gasteiger partial charge in [-0.15, -0.1) is 0 Å². The van der Waals surface area contributed by atoms with Crippen molar-refractivity contribution in [2.24, 2.45) is 5.73 Å². The second kappa shape index (κ2) is 5.04. The van der Waals surface area contributed by atoms with Gasteiger partial charge in [0.25, 0.3) is 0 Å². The number of fused-ring (bicyclic) bond motifs is 1. The number of ether oxygens (including phenoxy) is 1. The standard InChI is InChI=1S/C15H13Cl2NO/c16-11-6-3-5-10(15(11)17)14-8-12(18)9-4-1-2-7-13(9)19-14/h1-7,12,14H,8,18H2/t12-,14?/m1/s1. The third-order valence-electron chi connectivity index (χ3n) is 3.38. The molecule has 3 rings (SSSR count). The van der Waals surface area contributed by atoms with Gasteiger partial charge < -0.3 is 10.5 Å². The van der Waals surface area contributed by atoms with Crippen LogP contribution in [0.1, 0.15) is 29.7 Å². The highest BCUT2D eigenvalue weighted by Gasteiger charge is 2.28. The number of halogens is 2. The van der Waals surface area contributed by atoms with Gasteiger partial charge in [-0.1, -0.05) is 53.5 Å². The molecular weight excluding hydrogens is 281 g/mol. The van der Waals surface area contributed by atoms with Crippen LogP contribution in [0.3, 0.4) is 0 Å². The summed E-state index contributed by atoms with van der Waals surface area (Å²) in [5.74, 6) is 0.822. The molecule has 1 aliphatic rings. The van der Waals surface area contributed by atoms with Gasteiger partial charge in [0.05, 0.1) is 10.0 Å². The van der Waals surface area contributed by atoms with Crippen molar-refractivity contribution >= 4 is 23.2 Å². The first kappa shape index (κ1) is 12.8. The number of para-hydroxylation sites is 1. The van der Waals surface area contributed by atoms with Gasteiger partial charge in [0.15, 0.2) is 0 Å². The SMILES string of the molecule is N[C@@H]1CC(c2cccc(Cl)c2Cl)Oc2ccccc21. The fourth-order valence-electron chi connectivity index (χ4n) is 2.41. The Bertz CT molecular complexity index is 615. The third kappa shape index (κ3) is 2.32. The number of nitrogens with two attached hydrogens (primary N) is 1. The van der Waals surface area contributed by atoms with Crippen LogP contribution in [0.5, 0.6) is 5.75 Å². The van der Waals surface area contributed by atoms with E-state index in [2.05, 4.69) is 0 Å². The van der Waals surface area contributed by atoms with E-state index in [0.29, 0.717) is 16.5 Å². The monoisotopic (exact) mass is 293 g/mol. The minimum Gasteiger partial charge on any atom is -0.485 e. The molecule has 0 aromatic heterocycles. The van der Waals surface area contributed by atoms with Gasteiger partial charge in [0.1, 0.15) is 11.9 Å². The number of hydrogen-bond acceptors (Lipinski definition) is 2. The Morgan fingerprint density at radius 3 is 2.58 bits per heavy atom. The van der Waals surface area contributed by atoms with Gasteiger partial charge in [-0.3, -0.25) is 0 Å². The number of hydrogen-bond donors (Lipinski definition) is 1. The molecule has 0 saturated carbocycles. The normalized spacial score (nSPS) is 21.6. The molecule has 0 saturated heterocycles. The lowest BCUT2D eigenvalue weighted by atomic mass is 9.93. The summed E-state index contributed by atoms with van der Waals surface area (Å²) in [5.41, 5.74) is 8.13. The Hall–Kier alpha value is -1.22. The summed E-state index contributed by atoms with van der Waals surface area (Å²) in [7, 11) is 0. The number of rotatable bonds is 1. The molecular formula is C15H13Cl2NO. The Balaban J connectivity index is 1.99. The van der Waals surface area contributed by atoms with Crippen LogP contribution in [0.15, 0.2) is 42.5 Å². The third-order valence-corrected chi connectivity index (χ3v) is 4.22. The Kier molecular flexibility index (Phi) is 3.40. The Morgan fingerprint density at radius 2 is 1.74 bits per heavy atom. The van der Waals surface area contributed by atoms with Gasteiger partial charge >= 0.3 is 0 Å². The smallest absolute Gasteiger partial charge is 0.127 e. The quantitative estimate of drug-likeness (QED) is 0.839. The summed E-state index contributed by atoms with van der Waals surface area (Å²) >= 11 is 12.3. The lowest BCUT2D eigenvalue weighted by molar-refractivity contribution is 0.161. The van der Waals surface area contributed by atoms with E-state index in [4.69, 9.17) is 33.7 Å². The largest absolute Gasteiger partial charge is 0.485 e. The van der Waals surface area contributed by atoms with Crippen LogP contribution in [0.25, 0.3) is 0 Å². The molecule has 2 nitrogen and oxygen atoms in total. The molecule has 0 aliphatic carbocycles. The number of benzene rings is 2. The molecule has 2 atom stereocenters. The van der Waals surface area contributed by atoms with Gasteiger partial charge in [0, 0.05) is 23.6 Å². The maximum atomic E-state index is 6.25. The zero-order valence-electron chi connectivity index (χ0n) is 10.1. The van der Waals surface area contributed by atoms with Crippen molar-refractivity contribution in [1.29, 1.82) is 0 Å². The lowest BCUT2D eigenvalue weighted by Gasteiger charge is -2.31. The van der Waals surface area contributed by atoms with Crippen molar-refractivity contribution in [2.75, 3.05) is 0 Å². The summed E-state index contributed by atoms with van der Waals surface area (Å²) in [5, 5.41) is 1.08. The van der Waals surface area contributed by atoms with E-state index in [-0.39, 0.29) is 12.1 Å². The Morgan fingerprint density at radius 1 is 1.00 bits per heavy atom. The Labute approximate surface area is 122 Å². The van der Waals surface area contributed by atoms with Crippen LogP contribution in [-0.4, -0.2) is 0 Å². The van der Waals surface area contributed by atoms with Crippen molar-refractivity contribution in [1.82, 2.24) is 0 Å². The second-order valence-corrected chi connectivity index (χ2v) is 5.41. The summed E-state index contributed by atoms with van der Waals surface area (Å²) in [6.07, 6.45) is 0.535. The van der Waals surface area contributed by atoms with Gasteiger partial charge in [-0.05, 0) is 12.1 Å². The zero-order valence-corrected chi connectivity index (χ0v) is 11.7. The van der Waals surface area contributed by atoms with Crippen molar-refractivity contribution in [3.63, 3.8) is 0 Å². The highest BCUT2D eigenvalue weighted by molar-refractivity contribution is 6.42. The minimum absolute atomic E-state index is 0.0509. The topological polar surface area (TPSA) is 35.2 Å². The molecule has 98 valence electrons. The summed E-state index contributed by atoms with van der Waals surface area (Å²) in [4.78, 5) is 0. The summed E-state index contributed by atoms with van der Waals surface area (Å²) in [6.45, 7) is 0. The minimum atomic E-state index is -0.156. The van der Waals surface area contributed by atoms with Gasteiger partial charge in [0.2, 0.25) is 0 Å². The molecule has 2 aromatic rings. The molecule has 4 heteroatoms.